The van der Waals surface area contributed by atoms with Crippen molar-refractivity contribution in [1.82, 2.24) is 4.98 Å². The molecule has 2 heteroatoms. The fourth-order valence-electron chi connectivity index (χ4n) is 2.63. The van der Waals surface area contributed by atoms with Gasteiger partial charge in [-0.05, 0) is 30.9 Å². The maximum absolute atomic E-state index is 12.1. The molecule has 1 N–H and O–H groups in total. The van der Waals surface area contributed by atoms with Gasteiger partial charge in [0, 0.05) is 16.8 Å². The molecule has 0 aliphatic heterocycles. The third-order valence-corrected chi connectivity index (χ3v) is 3.67. The van der Waals surface area contributed by atoms with Crippen molar-refractivity contribution in [3.8, 4) is 0 Å². The van der Waals surface area contributed by atoms with Crippen LogP contribution in [0.5, 0.6) is 0 Å². The number of hydrogen-bond acceptors (Lipinski definition) is 1. The average Bonchev–Trinajstić information content (AvgIpc) is 2.65. The summed E-state index contributed by atoms with van der Waals surface area (Å²) >= 11 is 0. The maximum atomic E-state index is 12.1. The predicted octanol–water partition coefficient (Wildman–Crippen LogP) is 3.24. The molecule has 2 nitrogen and oxygen atoms in total. The molecule has 1 aliphatic rings. The minimum absolute atomic E-state index is 0.167. The van der Waals surface area contributed by atoms with Crippen LogP contribution in [0.3, 0.4) is 0 Å². The number of nitrogens with one attached hydrogen (secondary N) is 1. The minimum atomic E-state index is 0.167. The van der Waals surface area contributed by atoms with Crippen LogP contribution < -0.4 is 0 Å². The first-order valence-electron chi connectivity index (χ1n) is 5.83. The molecule has 0 saturated heterocycles. The van der Waals surface area contributed by atoms with E-state index in [1.165, 1.54) is 16.5 Å². The van der Waals surface area contributed by atoms with E-state index in [9.17, 15) is 4.79 Å². The average molecular weight is 213 g/mol. The molecule has 1 aromatic carbocycles. The monoisotopic (exact) mass is 213 g/mol. The van der Waals surface area contributed by atoms with Gasteiger partial charge in [-0.1, -0.05) is 25.1 Å². The zero-order chi connectivity index (χ0) is 11.3. The van der Waals surface area contributed by atoms with Crippen molar-refractivity contribution in [2.24, 2.45) is 5.92 Å². The van der Waals surface area contributed by atoms with E-state index in [-0.39, 0.29) is 11.7 Å². The number of benzene rings is 1. The Kier molecular flexibility index (Phi) is 1.93. The van der Waals surface area contributed by atoms with Gasteiger partial charge in [0.15, 0.2) is 5.78 Å². The molecule has 0 amide bonds. The molecule has 82 valence electrons. The van der Waals surface area contributed by atoms with Gasteiger partial charge < -0.3 is 4.98 Å². The number of carbonyl (C=O) groups is 1. The number of aromatic nitrogens is 1. The summed E-state index contributed by atoms with van der Waals surface area (Å²) < 4.78 is 0. The highest BCUT2D eigenvalue weighted by Gasteiger charge is 2.27. The van der Waals surface area contributed by atoms with E-state index in [1.807, 2.05) is 6.92 Å². The van der Waals surface area contributed by atoms with Crippen LogP contribution in [0.1, 0.15) is 35.0 Å². The Labute approximate surface area is 94.7 Å². The third-order valence-electron chi connectivity index (χ3n) is 3.67. The van der Waals surface area contributed by atoms with Crippen LogP contribution >= 0.6 is 0 Å². The highest BCUT2D eigenvalue weighted by Crippen LogP contribution is 2.32. The highest BCUT2D eigenvalue weighted by atomic mass is 16.1. The Morgan fingerprint density at radius 2 is 2.19 bits per heavy atom. The fraction of sp³-hybridized carbons (Fsp3) is 0.357. The summed E-state index contributed by atoms with van der Waals surface area (Å²) in [6, 6.07) is 6.26. The lowest BCUT2D eigenvalue weighted by molar-refractivity contribution is 0.0909. The van der Waals surface area contributed by atoms with Crippen LogP contribution in [0, 0.1) is 12.8 Å². The number of Topliss-reactive ketones (excluding diaryl/α,β-unsaturated/α-hetero) is 1. The minimum Gasteiger partial charge on any atom is -0.352 e. The van der Waals surface area contributed by atoms with Crippen molar-refractivity contribution in [3.63, 3.8) is 0 Å². The molecule has 1 aliphatic carbocycles. The molecule has 1 heterocycles. The second-order valence-corrected chi connectivity index (χ2v) is 4.78. The number of hydrogen-bond donors (Lipinski definition) is 1. The van der Waals surface area contributed by atoms with Gasteiger partial charge in [-0.3, -0.25) is 4.79 Å². The fourth-order valence-corrected chi connectivity index (χ4v) is 2.63. The number of aryl methyl sites for hydroxylation is 2. The van der Waals surface area contributed by atoms with Gasteiger partial charge in [-0.15, -0.1) is 0 Å². The van der Waals surface area contributed by atoms with Crippen molar-refractivity contribution in [2.45, 2.75) is 26.7 Å². The molecule has 3 rings (SSSR count). The zero-order valence-corrected chi connectivity index (χ0v) is 9.63. The number of carbonyl (C=O) groups excluding carboxylic acids is 1. The quantitative estimate of drug-likeness (QED) is 0.716. The molecular weight excluding hydrogens is 198 g/mol. The van der Waals surface area contributed by atoms with Crippen molar-refractivity contribution >= 4 is 16.7 Å². The van der Waals surface area contributed by atoms with Crippen molar-refractivity contribution in [1.29, 1.82) is 0 Å². The first-order chi connectivity index (χ1) is 7.68. The van der Waals surface area contributed by atoms with Crippen LogP contribution in [-0.4, -0.2) is 10.8 Å². The topological polar surface area (TPSA) is 32.9 Å². The Balaban J connectivity index is 2.34. The van der Waals surface area contributed by atoms with E-state index in [2.05, 4.69) is 30.1 Å². The van der Waals surface area contributed by atoms with Crippen LogP contribution in [0.2, 0.25) is 0 Å². The standard InChI is InChI=1S/C14H15NO/c1-8-4-3-5-10-11-7-6-9(2)14(16)13(11)15-12(8)10/h3-5,9,15H,6-7H2,1-2H3. The predicted molar refractivity (Wildman–Crippen MR) is 64.9 cm³/mol. The summed E-state index contributed by atoms with van der Waals surface area (Å²) in [5.74, 6) is 0.442. The maximum Gasteiger partial charge on any atom is 0.182 e. The third kappa shape index (κ3) is 1.16. The Morgan fingerprint density at radius 3 is 3.00 bits per heavy atom. The summed E-state index contributed by atoms with van der Waals surface area (Å²) in [6.07, 6.45) is 2.00. The molecule has 2 aromatic rings. The van der Waals surface area contributed by atoms with E-state index < -0.39 is 0 Å². The van der Waals surface area contributed by atoms with Crippen LogP contribution in [0.25, 0.3) is 10.9 Å². The number of fused-ring (bicyclic) bond motifs is 3. The Bertz CT molecular complexity index is 580. The van der Waals surface area contributed by atoms with Crippen molar-refractivity contribution < 1.29 is 4.79 Å². The summed E-state index contributed by atoms with van der Waals surface area (Å²) in [5, 5.41) is 1.23. The smallest absolute Gasteiger partial charge is 0.182 e. The Morgan fingerprint density at radius 1 is 1.38 bits per heavy atom. The largest absolute Gasteiger partial charge is 0.352 e. The van der Waals surface area contributed by atoms with Gasteiger partial charge in [0.1, 0.15) is 0 Å². The van der Waals surface area contributed by atoms with Gasteiger partial charge >= 0.3 is 0 Å². The summed E-state index contributed by atoms with van der Waals surface area (Å²) in [6.45, 7) is 4.10. The molecule has 0 bridgehead atoms. The SMILES string of the molecule is Cc1cccc2c3c([nH]c12)C(=O)C(C)CC3. The molecule has 1 unspecified atom stereocenters. The lowest BCUT2D eigenvalue weighted by Crippen LogP contribution is -2.19. The molecule has 0 saturated carbocycles. The van der Waals surface area contributed by atoms with E-state index in [0.717, 1.165) is 24.1 Å². The van der Waals surface area contributed by atoms with E-state index in [0.29, 0.717) is 0 Å². The van der Waals surface area contributed by atoms with Crippen LogP contribution in [0.15, 0.2) is 18.2 Å². The number of ketones is 1. The summed E-state index contributed by atoms with van der Waals surface area (Å²) in [5.41, 5.74) is 4.42. The second kappa shape index (κ2) is 3.21. The summed E-state index contributed by atoms with van der Waals surface area (Å²) in [4.78, 5) is 15.4. The zero-order valence-electron chi connectivity index (χ0n) is 9.63. The van der Waals surface area contributed by atoms with Crippen LogP contribution in [-0.2, 0) is 6.42 Å². The number of aromatic amines is 1. The number of rotatable bonds is 0. The normalized spacial score (nSPS) is 20.1. The van der Waals surface area contributed by atoms with Gasteiger partial charge in [0.05, 0.1) is 5.69 Å². The molecule has 0 fully saturated rings. The van der Waals surface area contributed by atoms with Gasteiger partial charge in [-0.25, -0.2) is 0 Å². The molecule has 0 spiro atoms. The van der Waals surface area contributed by atoms with Crippen molar-refractivity contribution in [3.05, 3.63) is 35.0 Å². The summed E-state index contributed by atoms with van der Waals surface area (Å²) in [7, 11) is 0. The number of H-pyrrole nitrogens is 1. The van der Waals surface area contributed by atoms with E-state index >= 15 is 0 Å². The van der Waals surface area contributed by atoms with E-state index in [1.54, 1.807) is 0 Å². The second-order valence-electron chi connectivity index (χ2n) is 4.78. The van der Waals surface area contributed by atoms with E-state index in [4.69, 9.17) is 0 Å². The molecule has 1 aromatic heterocycles. The number of para-hydroxylation sites is 1. The van der Waals surface area contributed by atoms with Crippen LogP contribution in [0.4, 0.5) is 0 Å². The molecule has 1 atom stereocenters. The van der Waals surface area contributed by atoms with Crippen molar-refractivity contribution in [2.75, 3.05) is 0 Å². The van der Waals surface area contributed by atoms with Gasteiger partial charge in [-0.2, -0.15) is 0 Å². The lowest BCUT2D eigenvalue weighted by atomic mass is 9.87. The lowest BCUT2D eigenvalue weighted by Gasteiger charge is -2.16. The highest BCUT2D eigenvalue weighted by molar-refractivity contribution is 6.04. The molecule has 0 radical (unpaired) electrons. The van der Waals surface area contributed by atoms with Gasteiger partial charge in [0.25, 0.3) is 0 Å². The molecular formula is C14H15NO. The first kappa shape index (κ1) is 9.64. The Hall–Kier alpha value is -1.57. The molecule has 16 heavy (non-hydrogen) atoms. The van der Waals surface area contributed by atoms with Gasteiger partial charge in [0.2, 0.25) is 0 Å². The first-order valence-corrected chi connectivity index (χ1v) is 5.83.